The fraction of sp³-hybridized carbons (Fsp3) is 0.533. The maximum Gasteiger partial charge on any atom is 0.323 e. The van der Waals surface area contributed by atoms with Gasteiger partial charge in [-0.1, -0.05) is 38.1 Å². The van der Waals surface area contributed by atoms with Crippen LogP contribution in [0.2, 0.25) is 0 Å². The molecule has 3 amide bonds. The van der Waals surface area contributed by atoms with Crippen LogP contribution in [-0.2, 0) is 24.2 Å². The van der Waals surface area contributed by atoms with E-state index in [0.29, 0.717) is 24.0 Å². The molecule has 11 heteroatoms. The molecular formula is C30H39N3O7S. The molecule has 0 aromatic heterocycles. The lowest BCUT2D eigenvalue weighted by Gasteiger charge is -2.29. The SMILES string of the molecule is CC(C)C[C@H](N[C@H](CCN1C(=O)c2cc3ccccc3cc2C1=O)C(=O)OC(C)(C)C)C(=O)NC1CCS(=O)(=O)C1. The molecule has 3 atom stereocenters. The van der Waals surface area contributed by atoms with Crippen LogP contribution in [0.25, 0.3) is 10.8 Å². The summed E-state index contributed by atoms with van der Waals surface area (Å²) in [6.45, 7) is 9.01. The fourth-order valence-electron chi connectivity index (χ4n) is 5.26. The molecule has 2 aliphatic heterocycles. The molecule has 1 unspecified atom stereocenters. The quantitative estimate of drug-likeness (QED) is 0.321. The number of nitrogens with one attached hydrogen (secondary N) is 2. The molecule has 0 bridgehead atoms. The smallest absolute Gasteiger partial charge is 0.323 e. The van der Waals surface area contributed by atoms with Gasteiger partial charge < -0.3 is 10.1 Å². The van der Waals surface area contributed by atoms with Crippen molar-refractivity contribution in [3.63, 3.8) is 0 Å². The number of fused-ring (bicyclic) bond motifs is 2. The molecule has 1 saturated heterocycles. The van der Waals surface area contributed by atoms with Crippen LogP contribution in [0, 0.1) is 5.92 Å². The average molecular weight is 586 g/mol. The number of ether oxygens (including phenoxy) is 1. The van der Waals surface area contributed by atoms with Gasteiger partial charge in [0.2, 0.25) is 5.91 Å². The number of amides is 3. The van der Waals surface area contributed by atoms with E-state index in [2.05, 4.69) is 10.6 Å². The van der Waals surface area contributed by atoms with Gasteiger partial charge in [-0.2, -0.15) is 0 Å². The Kier molecular flexibility index (Phi) is 8.89. The van der Waals surface area contributed by atoms with Crippen molar-refractivity contribution in [3.05, 3.63) is 47.5 Å². The minimum Gasteiger partial charge on any atom is -0.459 e. The van der Waals surface area contributed by atoms with Crippen LogP contribution in [0.3, 0.4) is 0 Å². The summed E-state index contributed by atoms with van der Waals surface area (Å²) in [5, 5.41) is 7.63. The maximum absolute atomic E-state index is 13.3. The van der Waals surface area contributed by atoms with Crippen molar-refractivity contribution >= 4 is 44.3 Å². The molecule has 0 radical (unpaired) electrons. The Morgan fingerprint density at radius 2 is 1.61 bits per heavy atom. The van der Waals surface area contributed by atoms with Crippen LogP contribution in [0.4, 0.5) is 0 Å². The summed E-state index contributed by atoms with van der Waals surface area (Å²) in [6, 6.07) is 8.58. The van der Waals surface area contributed by atoms with E-state index < -0.39 is 57.3 Å². The summed E-state index contributed by atoms with van der Waals surface area (Å²) >= 11 is 0. The van der Waals surface area contributed by atoms with Gasteiger partial charge in [-0.3, -0.25) is 29.4 Å². The number of hydrogen-bond acceptors (Lipinski definition) is 8. The third-order valence-corrected chi connectivity index (χ3v) is 8.94. The van der Waals surface area contributed by atoms with Crippen LogP contribution in [-0.4, -0.2) is 78.8 Å². The topological polar surface area (TPSA) is 139 Å². The average Bonchev–Trinajstić information content (AvgIpc) is 3.33. The number of sulfone groups is 1. The van der Waals surface area contributed by atoms with Gasteiger partial charge in [-0.15, -0.1) is 0 Å². The van der Waals surface area contributed by atoms with Crippen LogP contribution < -0.4 is 10.6 Å². The minimum atomic E-state index is -3.19. The standard InChI is InChI=1S/C30H39N3O7S/c1-18(2)14-25(26(34)31-21-11-13-41(38,39)17-21)32-24(29(37)40-30(3,4)5)10-12-33-27(35)22-15-19-8-6-7-9-20(19)16-23(22)28(33)36/h6-9,15-16,18,21,24-25,32H,10-14,17H2,1-5H3,(H,31,34)/t21?,24-,25+/m1/s1. The van der Waals surface area contributed by atoms with E-state index in [1.807, 2.05) is 38.1 Å². The number of esters is 1. The molecule has 2 heterocycles. The van der Waals surface area contributed by atoms with Gasteiger partial charge in [0.1, 0.15) is 11.6 Å². The first kappa shape index (κ1) is 30.6. The number of carbonyl (C=O) groups excluding carboxylic acids is 4. The van der Waals surface area contributed by atoms with Gasteiger partial charge in [-0.05, 0) is 68.9 Å². The Labute approximate surface area is 241 Å². The summed E-state index contributed by atoms with van der Waals surface area (Å²) in [5.74, 6) is -1.88. The Morgan fingerprint density at radius 1 is 1.02 bits per heavy atom. The van der Waals surface area contributed by atoms with Gasteiger partial charge in [-0.25, -0.2) is 8.42 Å². The second-order valence-corrected chi connectivity index (χ2v) is 14.6. The summed E-state index contributed by atoms with van der Waals surface area (Å²) < 4.78 is 29.4. The van der Waals surface area contributed by atoms with E-state index in [4.69, 9.17) is 4.74 Å². The number of benzene rings is 2. The molecule has 0 saturated carbocycles. The third kappa shape index (κ3) is 7.51. The number of hydrogen-bond donors (Lipinski definition) is 2. The molecule has 10 nitrogen and oxygen atoms in total. The van der Waals surface area contributed by atoms with Gasteiger partial charge >= 0.3 is 5.97 Å². The maximum atomic E-state index is 13.3. The fourth-order valence-corrected chi connectivity index (χ4v) is 6.93. The molecule has 2 aromatic rings. The van der Waals surface area contributed by atoms with Crippen molar-refractivity contribution in [2.24, 2.45) is 5.92 Å². The molecular weight excluding hydrogens is 546 g/mol. The Bertz CT molecular complexity index is 1410. The van der Waals surface area contributed by atoms with E-state index in [1.54, 1.807) is 32.9 Å². The highest BCUT2D eigenvalue weighted by Gasteiger charge is 2.38. The predicted octanol–water partition coefficient (Wildman–Crippen LogP) is 2.84. The normalized spacial score (nSPS) is 19.9. The van der Waals surface area contributed by atoms with Crippen LogP contribution in [0.15, 0.2) is 36.4 Å². The highest BCUT2D eigenvalue weighted by molar-refractivity contribution is 7.91. The molecule has 2 aliphatic rings. The predicted molar refractivity (Wildman–Crippen MR) is 155 cm³/mol. The van der Waals surface area contributed by atoms with Gasteiger partial charge in [0.05, 0.1) is 28.7 Å². The van der Waals surface area contributed by atoms with E-state index in [-0.39, 0.29) is 30.4 Å². The molecule has 2 aromatic carbocycles. The molecule has 0 spiro atoms. The Hall–Kier alpha value is -3.31. The number of rotatable bonds is 10. The number of imide groups is 1. The minimum absolute atomic E-state index is 0.0244. The van der Waals surface area contributed by atoms with Crippen molar-refractivity contribution in [3.8, 4) is 0 Å². The summed E-state index contributed by atoms with van der Waals surface area (Å²) in [6.07, 6.45) is 0.747. The lowest BCUT2D eigenvalue weighted by molar-refractivity contribution is -0.158. The molecule has 2 N–H and O–H groups in total. The van der Waals surface area contributed by atoms with Crippen LogP contribution in [0.1, 0.15) is 74.6 Å². The molecule has 1 fully saturated rings. The first-order chi connectivity index (χ1) is 19.1. The number of carbonyl (C=O) groups is 4. The lowest BCUT2D eigenvalue weighted by Crippen LogP contribution is -2.55. The van der Waals surface area contributed by atoms with Gasteiger partial charge in [0.25, 0.3) is 11.8 Å². The highest BCUT2D eigenvalue weighted by Crippen LogP contribution is 2.28. The zero-order valence-electron chi connectivity index (χ0n) is 24.2. The summed E-state index contributed by atoms with van der Waals surface area (Å²) in [5.41, 5.74) is -0.168. The molecule has 222 valence electrons. The van der Waals surface area contributed by atoms with E-state index >= 15 is 0 Å². The Morgan fingerprint density at radius 3 is 2.10 bits per heavy atom. The van der Waals surface area contributed by atoms with Crippen molar-refractivity contribution < 1.29 is 32.3 Å². The third-order valence-electron chi connectivity index (χ3n) is 7.17. The second-order valence-electron chi connectivity index (χ2n) is 12.3. The highest BCUT2D eigenvalue weighted by atomic mass is 32.2. The van der Waals surface area contributed by atoms with Gasteiger partial charge in [0.15, 0.2) is 9.84 Å². The molecule has 4 rings (SSSR count). The van der Waals surface area contributed by atoms with Crippen molar-refractivity contribution in [1.82, 2.24) is 15.5 Å². The first-order valence-corrected chi connectivity index (χ1v) is 15.8. The van der Waals surface area contributed by atoms with E-state index in [1.165, 1.54) is 0 Å². The lowest BCUT2D eigenvalue weighted by atomic mass is 10.0. The summed E-state index contributed by atoms with van der Waals surface area (Å²) in [4.78, 5) is 54.2. The molecule has 41 heavy (non-hydrogen) atoms. The monoisotopic (exact) mass is 585 g/mol. The van der Waals surface area contributed by atoms with Crippen molar-refractivity contribution in [2.45, 2.75) is 77.6 Å². The zero-order chi connectivity index (χ0) is 30.1. The van der Waals surface area contributed by atoms with Crippen LogP contribution >= 0.6 is 0 Å². The van der Waals surface area contributed by atoms with Crippen LogP contribution in [0.5, 0.6) is 0 Å². The second kappa shape index (κ2) is 11.9. The molecule has 0 aliphatic carbocycles. The van der Waals surface area contributed by atoms with Crippen molar-refractivity contribution in [1.29, 1.82) is 0 Å². The van der Waals surface area contributed by atoms with E-state index in [0.717, 1.165) is 15.7 Å². The van der Waals surface area contributed by atoms with E-state index in [9.17, 15) is 27.6 Å². The first-order valence-electron chi connectivity index (χ1n) is 14.0. The van der Waals surface area contributed by atoms with Gasteiger partial charge in [0, 0.05) is 12.6 Å². The van der Waals surface area contributed by atoms with Crippen molar-refractivity contribution in [2.75, 3.05) is 18.1 Å². The Balaban J connectivity index is 1.52. The zero-order valence-corrected chi connectivity index (χ0v) is 25.0. The summed E-state index contributed by atoms with van der Waals surface area (Å²) in [7, 11) is -3.19. The largest absolute Gasteiger partial charge is 0.459 e. The number of nitrogens with zero attached hydrogens (tertiary/aromatic N) is 1.